The highest BCUT2D eigenvalue weighted by atomic mass is 15.2. The summed E-state index contributed by atoms with van der Waals surface area (Å²) in [5.74, 6) is 2.55. The van der Waals surface area contributed by atoms with Gasteiger partial charge in [0.15, 0.2) is 0 Å². The molecule has 1 fully saturated rings. The zero-order valence-electron chi connectivity index (χ0n) is 12.2. The van der Waals surface area contributed by atoms with Gasteiger partial charge < -0.3 is 0 Å². The average molecular weight is 225 g/mol. The Bertz CT molecular complexity index is 186. The van der Waals surface area contributed by atoms with Crippen LogP contribution in [-0.4, -0.2) is 23.5 Å². The standard InChI is InChI=1S/C15H31N/c1-7-8-9-10-16-14(5)12(3)11(2)13(4)15(16)6/h11-15H,7-10H2,1-6H3. The fraction of sp³-hybridized carbons (Fsp3) is 1.00. The van der Waals surface area contributed by atoms with Crippen LogP contribution < -0.4 is 0 Å². The van der Waals surface area contributed by atoms with Crippen molar-refractivity contribution >= 4 is 0 Å². The lowest BCUT2D eigenvalue weighted by Crippen LogP contribution is -2.55. The highest BCUT2D eigenvalue weighted by molar-refractivity contribution is 4.91. The molecule has 0 N–H and O–H groups in total. The molecule has 1 saturated heterocycles. The molecule has 0 amide bonds. The number of piperidine rings is 1. The Morgan fingerprint density at radius 3 is 1.69 bits per heavy atom. The number of hydrogen-bond acceptors (Lipinski definition) is 1. The Morgan fingerprint density at radius 1 is 0.750 bits per heavy atom. The number of unbranched alkanes of at least 4 members (excludes halogenated alkanes) is 2. The topological polar surface area (TPSA) is 3.24 Å². The van der Waals surface area contributed by atoms with Gasteiger partial charge in [-0.1, -0.05) is 40.5 Å². The minimum Gasteiger partial charge on any atom is -0.297 e. The maximum atomic E-state index is 2.75. The minimum atomic E-state index is 0.762. The molecule has 96 valence electrons. The van der Waals surface area contributed by atoms with Crippen LogP contribution in [0.1, 0.15) is 60.8 Å². The van der Waals surface area contributed by atoms with Crippen LogP contribution in [-0.2, 0) is 0 Å². The summed E-state index contributed by atoms with van der Waals surface area (Å²) in [5.41, 5.74) is 0. The molecule has 1 aliphatic heterocycles. The van der Waals surface area contributed by atoms with Gasteiger partial charge in [-0.15, -0.1) is 0 Å². The van der Waals surface area contributed by atoms with Crippen molar-refractivity contribution in [1.29, 1.82) is 0 Å². The molecular weight excluding hydrogens is 194 g/mol. The highest BCUT2D eigenvalue weighted by Crippen LogP contribution is 2.36. The van der Waals surface area contributed by atoms with E-state index in [1.165, 1.54) is 25.8 Å². The van der Waals surface area contributed by atoms with Crippen LogP contribution in [0.2, 0.25) is 0 Å². The number of likely N-dealkylation sites (tertiary alicyclic amines) is 1. The quantitative estimate of drug-likeness (QED) is 0.649. The van der Waals surface area contributed by atoms with Crippen LogP contribution in [0, 0.1) is 17.8 Å². The van der Waals surface area contributed by atoms with E-state index < -0.39 is 0 Å². The van der Waals surface area contributed by atoms with Gasteiger partial charge in [0.25, 0.3) is 0 Å². The first kappa shape index (κ1) is 14.0. The van der Waals surface area contributed by atoms with Crippen molar-refractivity contribution in [2.75, 3.05) is 6.54 Å². The summed E-state index contributed by atoms with van der Waals surface area (Å²) >= 11 is 0. The van der Waals surface area contributed by atoms with Gasteiger partial charge in [0.05, 0.1) is 0 Å². The van der Waals surface area contributed by atoms with Crippen molar-refractivity contribution in [1.82, 2.24) is 4.90 Å². The molecule has 1 rings (SSSR count). The number of nitrogens with zero attached hydrogens (tertiary/aromatic N) is 1. The maximum absolute atomic E-state index is 2.75. The van der Waals surface area contributed by atoms with Crippen molar-refractivity contribution in [3.63, 3.8) is 0 Å². The van der Waals surface area contributed by atoms with Crippen molar-refractivity contribution in [3.8, 4) is 0 Å². The van der Waals surface area contributed by atoms with Gasteiger partial charge in [0.2, 0.25) is 0 Å². The molecule has 1 nitrogen and oxygen atoms in total. The second kappa shape index (κ2) is 6.05. The van der Waals surface area contributed by atoms with E-state index in [1.54, 1.807) is 0 Å². The third-order valence-electron chi connectivity index (χ3n) is 5.25. The Hall–Kier alpha value is -0.0400. The summed E-state index contributed by atoms with van der Waals surface area (Å²) in [6.07, 6.45) is 4.09. The van der Waals surface area contributed by atoms with Gasteiger partial charge in [0, 0.05) is 12.1 Å². The molecular formula is C15H31N. The molecule has 0 aromatic carbocycles. The molecule has 16 heavy (non-hydrogen) atoms. The number of hydrogen-bond donors (Lipinski definition) is 0. The zero-order chi connectivity index (χ0) is 12.3. The third-order valence-corrected chi connectivity index (χ3v) is 5.25. The summed E-state index contributed by atoms with van der Waals surface area (Å²) in [6.45, 7) is 15.7. The molecule has 0 aromatic rings. The maximum Gasteiger partial charge on any atom is 0.00981 e. The Balaban J connectivity index is 2.60. The van der Waals surface area contributed by atoms with Gasteiger partial charge in [-0.05, 0) is 44.6 Å². The van der Waals surface area contributed by atoms with Gasteiger partial charge in [-0.25, -0.2) is 0 Å². The minimum absolute atomic E-state index is 0.762. The predicted molar refractivity (Wildman–Crippen MR) is 72.6 cm³/mol. The molecule has 0 aliphatic carbocycles. The van der Waals surface area contributed by atoms with E-state index in [2.05, 4.69) is 46.4 Å². The molecule has 1 heteroatoms. The van der Waals surface area contributed by atoms with E-state index in [-0.39, 0.29) is 0 Å². The fourth-order valence-electron chi connectivity index (χ4n) is 3.28. The second-order valence-electron chi connectivity index (χ2n) is 6.00. The van der Waals surface area contributed by atoms with E-state index in [0.717, 1.165) is 29.8 Å². The zero-order valence-corrected chi connectivity index (χ0v) is 12.2. The first-order valence-electron chi connectivity index (χ1n) is 7.26. The van der Waals surface area contributed by atoms with E-state index in [4.69, 9.17) is 0 Å². The predicted octanol–water partition coefficient (Wildman–Crippen LogP) is 4.18. The first-order valence-corrected chi connectivity index (χ1v) is 7.26. The normalized spacial score (nSPS) is 41.2. The van der Waals surface area contributed by atoms with Crippen LogP contribution in [0.4, 0.5) is 0 Å². The van der Waals surface area contributed by atoms with Crippen LogP contribution in [0.15, 0.2) is 0 Å². The summed E-state index contributed by atoms with van der Waals surface area (Å²) < 4.78 is 0. The Morgan fingerprint density at radius 2 is 1.25 bits per heavy atom. The number of rotatable bonds is 4. The molecule has 1 heterocycles. The second-order valence-corrected chi connectivity index (χ2v) is 6.00. The average Bonchev–Trinajstić information content (AvgIpc) is 2.28. The molecule has 4 atom stereocenters. The largest absolute Gasteiger partial charge is 0.297 e. The molecule has 0 spiro atoms. The van der Waals surface area contributed by atoms with Crippen molar-refractivity contribution in [2.45, 2.75) is 72.9 Å². The van der Waals surface area contributed by atoms with E-state index in [0.29, 0.717) is 0 Å². The van der Waals surface area contributed by atoms with Gasteiger partial charge in [-0.2, -0.15) is 0 Å². The summed E-state index contributed by atoms with van der Waals surface area (Å²) in [7, 11) is 0. The smallest absolute Gasteiger partial charge is 0.00981 e. The van der Waals surface area contributed by atoms with Crippen molar-refractivity contribution in [3.05, 3.63) is 0 Å². The van der Waals surface area contributed by atoms with E-state index in [1.807, 2.05) is 0 Å². The van der Waals surface area contributed by atoms with Crippen LogP contribution in [0.5, 0.6) is 0 Å². The van der Waals surface area contributed by atoms with Gasteiger partial charge in [-0.3, -0.25) is 4.90 Å². The van der Waals surface area contributed by atoms with Gasteiger partial charge >= 0.3 is 0 Å². The molecule has 4 unspecified atom stereocenters. The lowest BCUT2D eigenvalue weighted by Gasteiger charge is -2.50. The summed E-state index contributed by atoms with van der Waals surface area (Å²) in [4.78, 5) is 2.75. The van der Waals surface area contributed by atoms with Crippen molar-refractivity contribution in [2.24, 2.45) is 17.8 Å². The summed E-state index contributed by atoms with van der Waals surface area (Å²) in [5, 5.41) is 0. The Kier molecular flexibility index (Phi) is 5.30. The van der Waals surface area contributed by atoms with Crippen LogP contribution in [0.3, 0.4) is 0 Å². The molecule has 0 saturated carbocycles. The van der Waals surface area contributed by atoms with Crippen molar-refractivity contribution < 1.29 is 0 Å². The monoisotopic (exact) mass is 225 g/mol. The molecule has 1 aliphatic rings. The lowest BCUT2D eigenvalue weighted by atomic mass is 9.73. The summed E-state index contributed by atoms with van der Waals surface area (Å²) in [6, 6.07) is 1.52. The van der Waals surface area contributed by atoms with Crippen LogP contribution >= 0.6 is 0 Å². The van der Waals surface area contributed by atoms with E-state index in [9.17, 15) is 0 Å². The lowest BCUT2D eigenvalue weighted by molar-refractivity contribution is -0.0122. The third kappa shape index (κ3) is 2.80. The fourth-order valence-corrected chi connectivity index (χ4v) is 3.28. The van der Waals surface area contributed by atoms with Crippen LogP contribution in [0.25, 0.3) is 0 Å². The Labute approximate surface area is 103 Å². The SMILES string of the molecule is CCCCCN1C(C)C(C)C(C)C(C)C1C. The van der Waals surface area contributed by atoms with Gasteiger partial charge in [0.1, 0.15) is 0 Å². The highest BCUT2D eigenvalue weighted by Gasteiger charge is 2.38. The first-order chi connectivity index (χ1) is 7.50. The van der Waals surface area contributed by atoms with E-state index >= 15 is 0 Å². The molecule has 0 radical (unpaired) electrons. The molecule has 0 aromatic heterocycles. The molecule has 0 bridgehead atoms.